The molecule has 1 aliphatic rings. The monoisotopic (exact) mass is 183 g/mol. The Morgan fingerprint density at radius 2 is 1.85 bits per heavy atom. The zero-order chi connectivity index (χ0) is 9.84. The molecule has 0 bridgehead atoms. The van der Waals surface area contributed by atoms with Gasteiger partial charge in [0.15, 0.2) is 0 Å². The largest absolute Gasteiger partial charge is 0.327 e. The van der Waals surface area contributed by atoms with E-state index in [1.807, 2.05) is 13.8 Å². The van der Waals surface area contributed by atoms with Crippen LogP contribution in [0.2, 0.25) is 0 Å². The highest BCUT2D eigenvalue weighted by molar-refractivity contribution is 5.83. The summed E-state index contributed by atoms with van der Waals surface area (Å²) in [7, 11) is 0. The smallest absolute Gasteiger partial charge is 0.140 e. The number of carbonyl (C=O) groups is 1. The number of carbonyl (C=O) groups excluding carboxylic acids is 1. The van der Waals surface area contributed by atoms with Crippen LogP contribution in [-0.4, -0.2) is 11.8 Å². The van der Waals surface area contributed by atoms with E-state index in [-0.39, 0.29) is 17.9 Å². The van der Waals surface area contributed by atoms with Gasteiger partial charge in [0.05, 0.1) is 0 Å². The Morgan fingerprint density at radius 1 is 1.23 bits per heavy atom. The van der Waals surface area contributed by atoms with Gasteiger partial charge in [0.25, 0.3) is 0 Å². The second kappa shape index (κ2) is 4.75. The predicted octanol–water partition coefficient (Wildman–Crippen LogP) is 2.12. The second-order valence-corrected chi connectivity index (χ2v) is 4.47. The van der Waals surface area contributed by atoms with Crippen molar-refractivity contribution < 1.29 is 4.79 Å². The van der Waals surface area contributed by atoms with Crippen molar-refractivity contribution in [2.24, 2.45) is 17.6 Å². The van der Waals surface area contributed by atoms with Crippen LogP contribution in [0, 0.1) is 11.8 Å². The average molecular weight is 183 g/mol. The van der Waals surface area contributed by atoms with Crippen molar-refractivity contribution >= 4 is 5.78 Å². The third-order valence-corrected chi connectivity index (χ3v) is 3.00. The standard InChI is InChI=1S/C11H21NO/c1-8(2)11(13)9-6-4-3-5-7-10(9)12/h8-10H,3-7,12H2,1-2H3. The minimum absolute atomic E-state index is 0.123. The summed E-state index contributed by atoms with van der Waals surface area (Å²) in [5.41, 5.74) is 6.00. The summed E-state index contributed by atoms with van der Waals surface area (Å²) in [6, 6.07) is 0.123. The van der Waals surface area contributed by atoms with Gasteiger partial charge in [-0.3, -0.25) is 4.79 Å². The van der Waals surface area contributed by atoms with E-state index in [2.05, 4.69) is 0 Å². The Hall–Kier alpha value is -0.370. The maximum absolute atomic E-state index is 11.8. The predicted molar refractivity (Wildman–Crippen MR) is 54.4 cm³/mol. The van der Waals surface area contributed by atoms with Crippen LogP contribution in [0.15, 0.2) is 0 Å². The average Bonchev–Trinajstić information content (AvgIpc) is 2.28. The van der Waals surface area contributed by atoms with Gasteiger partial charge in [0.2, 0.25) is 0 Å². The third-order valence-electron chi connectivity index (χ3n) is 3.00. The molecule has 1 fully saturated rings. The summed E-state index contributed by atoms with van der Waals surface area (Å²) in [6.07, 6.45) is 5.66. The van der Waals surface area contributed by atoms with Gasteiger partial charge in [-0.25, -0.2) is 0 Å². The van der Waals surface area contributed by atoms with Crippen molar-refractivity contribution in [2.45, 2.75) is 52.0 Å². The first-order valence-corrected chi connectivity index (χ1v) is 5.42. The van der Waals surface area contributed by atoms with Crippen molar-refractivity contribution in [3.05, 3.63) is 0 Å². The lowest BCUT2D eigenvalue weighted by Gasteiger charge is -2.21. The van der Waals surface area contributed by atoms with Gasteiger partial charge in [-0.2, -0.15) is 0 Å². The normalized spacial score (nSPS) is 30.2. The number of ketones is 1. The lowest BCUT2D eigenvalue weighted by Crippen LogP contribution is -2.36. The fourth-order valence-corrected chi connectivity index (χ4v) is 2.12. The number of rotatable bonds is 2. The van der Waals surface area contributed by atoms with Crippen LogP contribution in [0.4, 0.5) is 0 Å². The van der Waals surface area contributed by atoms with E-state index < -0.39 is 0 Å². The molecule has 1 rings (SSSR count). The molecule has 13 heavy (non-hydrogen) atoms. The molecule has 0 radical (unpaired) electrons. The molecule has 2 N–H and O–H groups in total. The summed E-state index contributed by atoms with van der Waals surface area (Å²) in [6.45, 7) is 3.94. The number of hydrogen-bond acceptors (Lipinski definition) is 2. The molecule has 0 spiro atoms. The van der Waals surface area contributed by atoms with E-state index in [4.69, 9.17) is 5.73 Å². The van der Waals surface area contributed by atoms with Gasteiger partial charge in [0.1, 0.15) is 5.78 Å². The Balaban J connectivity index is 2.58. The maximum atomic E-state index is 11.8. The summed E-state index contributed by atoms with van der Waals surface area (Å²) in [5, 5.41) is 0. The van der Waals surface area contributed by atoms with Crippen LogP contribution < -0.4 is 5.73 Å². The summed E-state index contributed by atoms with van der Waals surface area (Å²) in [5.74, 6) is 0.658. The van der Waals surface area contributed by atoms with E-state index >= 15 is 0 Å². The van der Waals surface area contributed by atoms with E-state index in [0.29, 0.717) is 5.78 Å². The van der Waals surface area contributed by atoms with Gasteiger partial charge < -0.3 is 5.73 Å². The summed E-state index contributed by atoms with van der Waals surface area (Å²) in [4.78, 5) is 11.8. The molecule has 0 aromatic heterocycles. The van der Waals surface area contributed by atoms with Crippen LogP contribution in [0.25, 0.3) is 0 Å². The lowest BCUT2D eigenvalue weighted by atomic mass is 9.86. The first-order chi connectivity index (χ1) is 6.13. The zero-order valence-electron chi connectivity index (χ0n) is 8.75. The molecule has 0 heterocycles. The Morgan fingerprint density at radius 3 is 2.46 bits per heavy atom. The molecular formula is C11H21NO. The van der Waals surface area contributed by atoms with Crippen LogP contribution >= 0.6 is 0 Å². The van der Waals surface area contributed by atoms with Gasteiger partial charge in [-0.05, 0) is 12.8 Å². The molecule has 2 atom stereocenters. The highest BCUT2D eigenvalue weighted by atomic mass is 16.1. The van der Waals surface area contributed by atoms with Crippen LogP contribution in [0.1, 0.15) is 46.0 Å². The number of hydrogen-bond donors (Lipinski definition) is 1. The molecular weight excluding hydrogens is 162 g/mol. The van der Waals surface area contributed by atoms with E-state index in [0.717, 1.165) is 12.8 Å². The van der Waals surface area contributed by atoms with Gasteiger partial charge >= 0.3 is 0 Å². The topological polar surface area (TPSA) is 43.1 Å². The van der Waals surface area contributed by atoms with Crippen molar-refractivity contribution in [1.29, 1.82) is 0 Å². The number of nitrogens with two attached hydrogens (primary N) is 1. The fourth-order valence-electron chi connectivity index (χ4n) is 2.12. The molecule has 0 aromatic carbocycles. The summed E-state index contributed by atoms with van der Waals surface area (Å²) >= 11 is 0. The Labute approximate surface area is 80.9 Å². The van der Waals surface area contributed by atoms with Crippen LogP contribution in [-0.2, 0) is 4.79 Å². The lowest BCUT2D eigenvalue weighted by molar-refractivity contribution is -0.126. The fraction of sp³-hybridized carbons (Fsp3) is 0.909. The Kier molecular flexibility index (Phi) is 3.91. The van der Waals surface area contributed by atoms with Crippen molar-refractivity contribution in [2.75, 3.05) is 0 Å². The van der Waals surface area contributed by atoms with E-state index in [1.165, 1.54) is 19.3 Å². The van der Waals surface area contributed by atoms with E-state index in [1.54, 1.807) is 0 Å². The summed E-state index contributed by atoms with van der Waals surface area (Å²) < 4.78 is 0. The molecule has 76 valence electrons. The van der Waals surface area contributed by atoms with Crippen LogP contribution in [0.5, 0.6) is 0 Å². The zero-order valence-corrected chi connectivity index (χ0v) is 8.75. The van der Waals surface area contributed by atoms with Gasteiger partial charge in [-0.1, -0.05) is 33.1 Å². The molecule has 0 amide bonds. The molecule has 2 heteroatoms. The van der Waals surface area contributed by atoms with Crippen molar-refractivity contribution in [1.82, 2.24) is 0 Å². The molecule has 1 saturated carbocycles. The maximum Gasteiger partial charge on any atom is 0.140 e. The molecule has 1 aliphatic carbocycles. The SMILES string of the molecule is CC(C)C(=O)C1CCCCCC1N. The van der Waals surface area contributed by atoms with Crippen molar-refractivity contribution in [3.8, 4) is 0 Å². The minimum Gasteiger partial charge on any atom is -0.327 e. The van der Waals surface area contributed by atoms with Gasteiger partial charge in [-0.15, -0.1) is 0 Å². The van der Waals surface area contributed by atoms with E-state index in [9.17, 15) is 4.79 Å². The highest BCUT2D eigenvalue weighted by Gasteiger charge is 2.28. The molecule has 2 unspecified atom stereocenters. The molecule has 0 aromatic rings. The highest BCUT2D eigenvalue weighted by Crippen LogP contribution is 2.24. The second-order valence-electron chi connectivity index (χ2n) is 4.47. The third kappa shape index (κ3) is 2.80. The van der Waals surface area contributed by atoms with Gasteiger partial charge in [0, 0.05) is 17.9 Å². The quantitative estimate of drug-likeness (QED) is 0.666. The van der Waals surface area contributed by atoms with Crippen LogP contribution in [0.3, 0.4) is 0 Å². The minimum atomic E-state index is 0.123. The first-order valence-electron chi connectivity index (χ1n) is 5.42. The first kappa shape index (κ1) is 10.7. The Bertz CT molecular complexity index is 177. The molecule has 2 nitrogen and oxygen atoms in total. The molecule has 0 aliphatic heterocycles. The number of Topliss-reactive ketones (excluding diaryl/α,β-unsaturated/α-hetero) is 1. The van der Waals surface area contributed by atoms with Crippen molar-refractivity contribution in [3.63, 3.8) is 0 Å². The molecule has 0 saturated heterocycles.